The van der Waals surface area contributed by atoms with Gasteiger partial charge in [-0.05, 0) is 45.0 Å². The summed E-state index contributed by atoms with van der Waals surface area (Å²) in [7, 11) is 0. The third-order valence-corrected chi connectivity index (χ3v) is 3.33. The first kappa shape index (κ1) is 16.6. The lowest BCUT2D eigenvalue weighted by atomic mass is 10.1. The maximum atomic E-state index is 11.7. The molecule has 0 aliphatic heterocycles. The number of para-hydroxylation sites is 1. The van der Waals surface area contributed by atoms with Crippen molar-refractivity contribution in [2.45, 2.75) is 33.4 Å². The van der Waals surface area contributed by atoms with Gasteiger partial charge in [0.05, 0.1) is 17.7 Å². The summed E-state index contributed by atoms with van der Waals surface area (Å²) in [4.78, 5) is 11.7. The van der Waals surface area contributed by atoms with Crippen LogP contribution in [0.4, 0.5) is 5.69 Å². The third kappa shape index (κ3) is 4.33. The van der Waals surface area contributed by atoms with E-state index in [1.54, 1.807) is 18.2 Å². The number of ether oxygens (including phenoxy) is 1. The summed E-state index contributed by atoms with van der Waals surface area (Å²) in [5.74, 6) is 0.777. The van der Waals surface area contributed by atoms with Gasteiger partial charge in [0.15, 0.2) is 5.78 Å². The Balaban J connectivity index is 2.24. The van der Waals surface area contributed by atoms with Gasteiger partial charge in [-0.2, -0.15) is 5.26 Å². The summed E-state index contributed by atoms with van der Waals surface area (Å²) in [6.45, 7) is 5.99. The lowest BCUT2D eigenvalue weighted by molar-refractivity contribution is 0.101. The number of rotatable bonds is 6. The first-order valence-electron chi connectivity index (χ1n) is 7.54. The van der Waals surface area contributed by atoms with Crippen molar-refractivity contribution in [2.75, 3.05) is 5.32 Å². The summed E-state index contributed by atoms with van der Waals surface area (Å²) >= 11 is 0. The molecule has 0 heterocycles. The molecule has 118 valence electrons. The number of nitrogens with zero attached hydrogens (tertiary/aromatic N) is 1. The van der Waals surface area contributed by atoms with Crippen LogP contribution in [0.15, 0.2) is 42.5 Å². The second kappa shape index (κ2) is 7.46. The molecule has 2 aromatic carbocycles. The first-order chi connectivity index (χ1) is 11.0. The molecule has 0 fully saturated rings. The molecule has 0 bridgehead atoms. The average Bonchev–Trinajstić information content (AvgIpc) is 2.53. The minimum Gasteiger partial charge on any atom is -0.491 e. The van der Waals surface area contributed by atoms with E-state index in [9.17, 15) is 4.79 Å². The van der Waals surface area contributed by atoms with Gasteiger partial charge in [-0.25, -0.2) is 0 Å². The minimum absolute atomic E-state index is 0.0382. The number of carbonyl (C=O) groups is 1. The molecule has 4 nitrogen and oxygen atoms in total. The largest absolute Gasteiger partial charge is 0.491 e. The first-order valence-corrected chi connectivity index (χ1v) is 7.54. The SMILES string of the molecule is CC(=O)c1ccc(C#N)cc1NCc1ccccc1OC(C)C. The van der Waals surface area contributed by atoms with Crippen LogP contribution in [0.25, 0.3) is 0 Å². The van der Waals surface area contributed by atoms with E-state index in [0.717, 1.165) is 11.3 Å². The van der Waals surface area contributed by atoms with Gasteiger partial charge in [0.25, 0.3) is 0 Å². The Morgan fingerprint density at radius 2 is 2.00 bits per heavy atom. The van der Waals surface area contributed by atoms with E-state index in [-0.39, 0.29) is 11.9 Å². The molecular formula is C19H20N2O2. The zero-order chi connectivity index (χ0) is 16.8. The normalized spacial score (nSPS) is 10.2. The number of hydrogen-bond acceptors (Lipinski definition) is 4. The fraction of sp³-hybridized carbons (Fsp3) is 0.263. The molecule has 0 saturated heterocycles. The van der Waals surface area contributed by atoms with Crippen molar-refractivity contribution in [1.29, 1.82) is 5.26 Å². The Morgan fingerprint density at radius 3 is 2.65 bits per heavy atom. The van der Waals surface area contributed by atoms with Gasteiger partial charge in [0, 0.05) is 23.4 Å². The van der Waals surface area contributed by atoms with Gasteiger partial charge in [-0.15, -0.1) is 0 Å². The average molecular weight is 308 g/mol. The number of ketones is 1. The maximum absolute atomic E-state index is 11.7. The molecule has 0 aliphatic rings. The van der Waals surface area contributed by atoms with Gasteiger partial charge in [-0.1, -0.05) is 18.2 Å². The smallest absolute Gasteiger partial charge is 0.161 e. The van der Waals surface area contributed by atoms with Crippen molar-refractivity contribution in [1.82, 2.24) is 0 Å². The molecule has 1 N–H and O–H groups in total. The Kier molecular flexibility index (Phi) is 5.37. The van der Waals surface area contributed by atoms with Crippen molar-refractivity contribution >= 4 is 11.5 Å². The van der Waals surface area contributed by atoms with Crippen LogP contribution in [0.5, 0.6) is 5.75 Å². The van der Waals surface area contributed by atoms with Gasteiger partial charge in [0.2, 0.25) is 0 Å². The second-order valence-electron chi connectivity index (χ2n) is 5.56. The molecule has 0 aromatic heterocycles. The number of hydrogen-bond donors (Lipinski definition) is 1. The predicted molar refractivity (Wildman–Crippen MR) is 90.7 cm³/mol. The molecule has 2 aromatic rings. The highest BCUT2D eigenvalue weighted by Gasteiger charge is 2.10. The highest BCUT2D eigenvalue weighted by atomic mass is 16.5. The van der Waals surface area contributed by atoms with E-state index in [0.29, 0.717) is 23.4 Å². The van der Waals surface area contributed by atoms with Crippen molar-refractivity contribution in [3.63, 3.8) is 0 Å². The van der Waals surface area contributed by atoms with Crippen LogP contribution in [-0.2, 0) is 6.54 Å². The maximum Gasteiger partial charge on any atom is 0.161 e. The Bertz CT molecular complexity index is 745. The summed E-state index contributed by atoms with van der Waals surface area (Å²) in [6, 6.07) is 14.9. The number of anilines is 1. The fourth-order valence-electron chi connectivity index (χ4n) is 2.28. The van der Waals surface area contributed by atoms with Crippen LogP contribution >= 0.6 is 0 Å². The molecule has 0 unspecified atom stereocenters. The van der Waals surface area contributed by atoms with Crippen LogP contribution in [0, 0.1) is 11.3 Å². The lowest BCUT2D eigenvalue weighted by Gasteiger charge is -2.16. The van der Waals surface area contributed by atoms with Crippen LogP contribution in [0.2, 0.25) is 0 Å². The molecule has 23 heavy (non-hydrogen) atoms. The number of nitrogens with one attached hydrogen (secondary N) is 1. The number of Topliss-reactive ketones (excluding diaryl/α,β-unsaturated/α-hetero) is 1. The molecule has 0 aliphatic carbocycles. The monoisotopic (exact) mass is 308 g/mol. The van der Waals surface area contributed by atoms with E-state index in [4.69, 9.17) is 10.00 Å². The predicted octanol–water partition coefficient (Wildman–Crippen LogP) is 4.16. The van der Waals surface area contributed by atoms with Crippen LogP contribution in [-0.4, -0.2) is 11.9 Å². The molecule has 0 amide bonds. The van der Waals surface area contributed by atoms with Gasteiger partial charge >= 0.3 is 0 Å². The van der Waals surface area contributed by atoms with E-state index in [1.165, 1.54) is 6.92 Å². The summed E-state index contributed by atoms with van der Waals surface area (Å²) in [5, 5.41) is 12.3. The molecule has 0 spiro atoms. The van der Waals surface area contributed by atoms with Gasteiger partial charge in [-0.3, -0.25) is 4.79 Å². The van der Waals surface area contributed by atoms with Crippen LogP contribution in [0.3, 0.4) is 0 Å². The van der Waals surface area contributed by atoms with E-state index >= 15 is 0 Å². The summed E-state index contributed by atoms with van der Waals surface area (Å²) in [5.41, 5.74) is 2.75. The lowest BCUT2D eigenvalue weighted by Crippen LogP contribution is -2.10. The van der Waals surface area contributed by atoms with Crippen molar-refractivity contribution in [3.8, 4) is 11.8 Å². The Labute approximate surface area is 136 Å². The van der Waals surface area contributed by atoms with E-state index < -0.39 is 0 Å². The third-order valence-electron chi connectivity index (χ3n) is 3.33. The van der Waals surface area contributed by atoms with E-state index in [1.807, 2.05) is 38.1 Å². The van der Waals surface area contributed by atoms with Gasteiger partial charge in [0.1, 0.15) is 5.75 Å². The molecule has 0 atom stereocenters. The highest BCUT2D eigenvalue weighted by Crippen LogP contribution is 2.23. The zero-order valence-corrected chi connectivity index (χ0v) is 13.6. The number of carbonyl (C=O) groups excluding carboxylic acids is 1. The summed E-state index contributed by atoms with van der Waals surface area (Å²) < 4.78 is 5.80. The van der Waals surface area contributed by atoms with Crippen molar-refractivity contribution in [3.05, 3.63) is 59.2 Å². The topological polar surface area (TPSA) is 62.1 Å². The van der Waals surface area contributed by atoms with E-state index in [2.05, 4.69) is 11.4 Å². The molecule has 4 heteroatoms. The fourth-order valence-corrected chi connectivity index (χ4v) is 2.28. The molecule has 2 rings (SSSR count). The number of benzene rings is 2. The van der Waals surface area contributed by atoms with Crippen molar-refractivity contribution < 1.29 is 9.53 Å². The summed E-state index contributed by atoms with van der Waals surface area (Å²) in [6.07, 6.45) is 0.0887. The van der Waals surface area contributed by atoms with Gasteiger partial charge < -0.3 is 10.1 Å². The number of nitriles is 1. The molecule has 0 saturated carbocycles. The zero-order valence-electron chi connectivity index (χ0n) is 13.6. The Morgan fingerprint density at radius 1 is 1.26 bits per heavy atom. The highest BCUT2D eigenvalue weighted by molar-refractivity contribution is 5.99. The quantitative estimate of drug-likeness (QED) is 0.814. The molecular weight excluding hydrogens is 288 g/mol. The Hall–Kier alpha value is -2.80. The van der Waals surface area contributed by atoms with Crippen LogP contribution < -0.4 is 10.1 Å². The minimum atomic E-state index is -0.0382. The standard InChI is InChI=1S/C19H20N2O2/c1-13(2)23-19-7-5-4-6-16(19)12-21-18-10-15(11-20)8-9-17(18)14(3)22/h4-10,13,21H,12H2,1-3H3. The van der Waals surface area contributed by atoms with Crippen molar-refractivity contribution in [2.24, 2.45) is 0 Å². The molecule has 0 radical (unpaired) electrons. The van der Waals surface area contributed by atoms with Crippen LogP contribution in [0.1, 0.15) is 42.3 Å². The second-order valence-corrected chi connectivity index (χ2v) is 5.56.